The Labute approximate surface area is 93.7 Å². The first-order valence-electron chi connectivity index (χ1n) is 3.67. The fourth-order valence-electron chi connectivity index (χ4n) is 0.881. The standard InChI is InChI=1S/C8H8BrClO2S/c1-4(8(11)12)2-5-3-6(9)7(10)13-5/h3-4H,2H2,1H3,(H,11,12). The number of carbonyl (C=O) groups is 1. The van der Waals surface area contributed by atoms with E-state index in [0.29, 0.717) is 10.8 Å². The van der Waals surface area contributed by atoms with Crippen molar-refractivity contribution in [2.75, 3.05) is 0 Å². The van der Waals surface area contributed by atoms with Crippen LogP contribution in [-0.4, -0.2) is 11.1 Å². The normalized spacial score (nSPS) is 12.8. The van der Waals surface area contributed by atoms with E-state index in [4.69, 9.17) is 16.7 Å². The minimum Gasteiger partial charge on any atom is -0.481 e. The lowest BCUT2D eigenvalue weighted by Gasteiger charge is -2.01. The Kier molecular flexibility index (Phi) is 3.76. The van der Waals surface area contributed by atoms with Crippen LogP contribution in [0.4, 0.5) is 0 Å². The largest absolute Gasteiger partial charge is 0.481 e. The summed E-state index contributed by atoms with van der Waals surface area (Å²) in [6.07, 6.45) is 0.533. The molecule has 0 amide bonds. The van der Waals surface area contributed by atoms with Crippen molar-refractivity contribution in [3.63, 3.8) is 0 Å². The van der Waals surface area contributed by atoms with Gasteiger partial charge in [0.25, 0.3) is 0 Å². The van der Waals surface area contributed by atoms with Crippen molar-refractivity contribution in [1.82, 2.24) is 0 Å². The zero-order chi connectivity index (χ0) is 10.0. The molecule has 0 aliphatic carbocycles. The highest BCUT2D eigenvalue weighted by Crippen LogP contribution is 2.33. The van der Waals surface area contributed by atoms with Crippen LogP contribution in [0.2, 0.25) is 4.34 Å². The highest BCUT2D eigenvalue weighted by atomic mass is 79.9. The molecule has 2 nitrogen and oxygen atoms in total. The number of carboxylic acid groups (broad SMARTS) is 1. The van der Waals surface area contributed by atoms with Crippen LogP contribution in [0.5, 0.6) is 0 Å². The highest BCUT2D eigenvalue weighted by molar-refractivity contribution is 9.10. The van der Waals surface area contributed by atoms with Gasteiger partial charge in [0.05, 0.1) is 5.92 Å². The lowest BCUT2D eigenvalue weighted by Crippen LogP contribution is -2.11. The lowest BCUT2D eigenvalue weighted by molar-refractivity contribution is -0.141. The van der Waals surface area contributed by atoms with E-state index >= 15 is 0 Å². The smallest absolute Gasteiger partial charge is 0.306 e. The summed E-state index contributed by atoms with van der Waals surface area (Å²) in [6, 6.07) is 1.87. The molecule has 0 aliphatic rings. The molecule has 1 heterocycles. The molecule has 1 aromatic rings. The first-order valence-corrected chi connectivity index (χ1v) is 5.66. The monoisotopic (exact) mass is 282 g/mol. The van der Waals surface area contributed by atoms with Gasteiger partial charge in [-0.05, 0) is 28.4 Å². The van der Waals surface area contributed by atoms with Gasteiger partial charge in [-0.25, -0.2) is 0 Å². The molecule has 0 aromatic carbocycles. The van der Waals surface area contributed by atoms with Gasteiger partial charge in [0.2, 0.25) is 0 Å². The molecule has 0 spiro atoms. The Hall–Kier alpha value is -0.0600. The van der Waals surface area contributed by atoms with Crippen molar-refractivity contribution < 1.29 is 9.90 Å². The SMILES string of the molecule is CC(Cc1cc(Br)c(Cl)s1)C(=O)O. The lowest BCUT2D eigenvalue weighted by atomic mass is 10.1. The molecule has 0 aliphatic heterocycles. The maximum Gasteiger partial charge on any atom is 0.306 e. The van der Waals surface area contributed by atoms with Gasteiger partial charge in [-0.15, -0.1) is 11.3 Å². The second-order valence-corrected chi connectivity index (χ2v) is 5.37. The third kappa shape index (κ3) is 2.97. The van der Waals surface area contributed by atoms with Gasteiger partial charge in [0, 0.05) is 9.35 Å². The average molecular weight is 284 g/mol. The molecule has 13 heavy (non-hydrogen) atoms. The molecule has 0 radical (unpaired) electrons. The molecule has 0 fully saturated rings. The highest BCUT2D eigenvalue weighted by Gasteiger charge is 2.14. The van der Waals surface area contributed by atoms with Crippen LogP contribution >= 0.6 is 38.9 Å². The predicted octanol–water partition coefficient (Wildman–Crippen LogP) is 3.43. The molecule has 0 saturated heterocycles. The van der Waals surface area contributed by atoms with Gasteiger partial charge < -0.3 is 5.11 Å². The van der Waals surface area contributed by atoms with E-state index in [1.54, 1.807) is 6.92 Å². The van der Waals surface area contributed by atoms with E-state index < -0.39 is 5.97 Å². The summed E-state index contributed by atoms with van der Waals surface area (Å²) in [4.78, 5) is 11.5. The van der Waals surface area contributed by atoms with Gasteiger partial charge in [-0.2, -0.15) is 0 Å². The first-order chi connectivity index (χ1) is 6.00. The van der Waals surface area contributed by atoms with Crippen LogP contribution < -0.4 is 0 Å². The van der Waals surface area contributed by atoms with E-state index in [-0.39, 0.29) is 5.92 Å². The van der Waals surface area contributed by atoms with Gasteiger partial charge in [-0.3, -0.25) is 4.79 Å². The van der Waals surface area contributed by atoms with Crippen LogP contribution in [0, 0.1) is 5.92 Å². The minimum absolute atomic E-state index is 0.360. The topological polar surface area (TPSA) is 37.3 Å². The Morgan fingerprint density at radius 3 is 2.85 bits per heavy atom. The van der Waals surface area contributed by atoms with Crippen LogP contribution in [0.25, 0.3) is 0 Å². The van der Waals surface area contributed by atoms with Crippen molar-refractivity contribution in [2.24, 2.45) is 5.92 Å². The maximum absolute atomic E-state index is 10.6. The summed E-state index contributed by atoms with van der Waals surface area (Å²) in [5.74, 6) is -1.14. The van der Waals surface area contributed by atoms with Gasteiger partial charge in [-0.1, -0.05) is 18.5 Å². The molecule has 72 valence electrons. The van der Waals surface area contributed by atoms with E-state index in [1.807, 2.05) is 6.07 Å². The fourth-order valence-corrected chi connectivity index (χ4v) is 2.80. The van der Waals surface area contributed by atoms with Gasteiger partial charge in [0.1, 0.15) is 4.34 Å². The van der Waals surface area contributed by atoms with Gasteiger partial charge >= 0.3 is 5.97 Å². The summed E-state index contributed by atoms with van der Waals surface area (Å²) in [5.41, 5.74) is 0. The Morgan fingerprint density at radius 2 is 2.46 bits per heavy atom. The quantitative estimate of drug-likeness (QED) is 0.923. The first kappa shape index (κ1) is 11.0. The summed E-state index contributed by atoms with van der Waals surface area (Å²) < 4.78 is 1.51. The van der Waals surface area contributed by atoms with Crippen molar-refractivity contribution in [1.29, 1.82) is 0 Å². The van der Waals surface area contributed by atoms with E-state index in [0.717, 1.165) is 9.35 Å². The number of hydrogen-bond acceptors (Lipinski definition) is 2. The third-order valence-corrected chi connectivity index (χ3v) is 4.12. The molecule has 1 rings (SSSR count). The molecular weight excluding hydrogens is 276 g/mol. The third-order valence-electron chi connectivity index (χ3n) is 1.63. The minimum atomic E-state index is -0.777. The maximum atomic E-state index is 10.6. The molecular formula is C8H8BrClO2S. The molecule has 1 unspecified atom stereocenters. The van der Waals surface area contributed by atoms with Crippen molar-refractivity contribution in [3.8, 4) is 0 Å². The second-order valence-electron chi connectivity index (χ2n) is 2.78. The molecule has 5 heteroatoms. The van der Waals surface area contributed by atoms with Crippen LogP contribution in [0.15, 0.2) is 10.5 Å². The average Bonchev–Trinajstić information content (AvgIpc) is 2.31. The Balaban J connectivity index is 2.69. The number of carboxylic acids is 1. The predicted molar refractivity (Wildman–Crippen MR) is 57.5 cm³/mol. The number of hydrogen-bond donors (Lipinski definition) is 1. The van der Waals surface area contributed by atoms with Crippen LogP contribution in [0.1, 0.15) is 11.8 Å². The van der Waals surface area contributed by atoms with E-state index in [9.17, 15) is 4.79 Å². The number of halogens is 2. The van der Waals surface area contributed by atoms with Crippen LogP contribution in [0.3, 0.4) is 0 Å². The summed E-state index contributed by atoms with van der Waals surface area (Å²) in [5, 5.41) is 8.68. The number of aliphatic carboxylic acids is 1. The van der Waals surface area contributed by atoms with Gasteiger partial charge in [0.15, 0.2) is 0 Å². The Morgan fingerprint density at radius 1 is 1.85 bits per heavy atom. The molecule has 1 atom stereocenters. The van der Waals surface area contributed by atoms with Crippen molar-refractivity contribution in [2.45, 2.75) is 13.3 Å². The molecule has 1 aromatic heterocycles. The molecule has 1 N–H and O–H groups in total. The van der Waals surface area contributed by atoms with E-state index in [2.05, 4.69) is 15.9 Å². The zero-order valence-corrected chi connectivity index (χ0v) is 10.0. The summed E-state index contributed by atoms with van der Waals surface area (Å²) in [6.45, 7) is 1.68. The van der Waals surface area contributed by atoms with Crippen molar-refractivity contribution >= 4 is 44.8 Å². The second kappa shape index (κ2) is 4.44. The molecule has 0 bridgehead atoms. The zero-order valence-electron chi connectivity index (χ0n) is 6.88. The fraction of sp³-hybridized carbons (Fsp3) is 0.375. The van der Waals surface area contributed by atoms with Crippen molar-refractivity contribution in [3.05, 3.63) is 19.8 Å². The summed E-state index contributed by atoms with van der Waals surface area (Å²) >= 11 is 10.5. The summed E-state index contributed by atoms with van der Waals surface area (Å²) in [7, 11) is 0. The van der Waals surface area contributed by atoms with E-state index in [1.165, 1.54) is 11.3 Å². The molecule has 0 saturated carbocycles. The number of rotatable bonds is 3. The van der Waals surface area contributed by atoms with Crippen LogP contribution in [-0.2, 0) is 11.2 Å². The number of thiophene rings is 1. The Bertz CT molecular complexity index is 304.